The molecule has 3 heteroatoms. The molecule has 0 radical (unpaired) electrons. The van der Waals surface area contributed by atoms with Crippen LogP contribution in [-0.2, 0) is 4.79 Å². The van der Waals surface area contributed by atoms with E-state index in [0.29, 0.717) is 24.3 Å². The van der Waals surface area contributed by atoms with Gasteiger partial charge in [-0.2, -0.15) is 0 Å². The number of aliphatic hydroxyl groups is 1. The quantitative estimate of drug-likeness (QED) is 0.605. The van der Waals surface area contributed by atoms with Gasteiger partial charge < -0.3 is 5.11 Å². The molecule has 14 heavy (non-hydrogen) atoms. The summed E-state index contributed by atoms with van der Waals surface area (Å²) in [4.78, 5) is 11.6. The zero-order valence-corrected chi connectivity index (χ0v) is 11.2. The second-order valence-electron chi connectivity index (χ2n) is 3.88. The van der Waals surface area contributed by atoms with Gasteiger partial charge >= 0.3 is 0 Å². The van der Waals surface area contributed by atoms with Gasteiger partial charge in [-0.1, -0.05) is 43.4 Å². The van der Waals surface area contributed by atoms with Crippen LogP contribution in [0.5, 0.6) is 0 Å². The van der Waals surface area contributed by atoms with E-state index in [1.54, 1.807) is 4.08 Å². The molecule has 0 aromatic rings. The smallest absolute Gasteiger partial charge is 0.161 e. The normalized spacial score (nSPS) is 14.6. The van der Waals surface area contributed by atoms with Crippen LogP contribution >= 0.6 is 22.6 Å². The highest BCUT2D eigenvalue weighted by molar-refractivity contribution is 14.1. The lowest BCUT2D eigenvalue weighted by Gasteiger charge is -2.15. The SMILES string of the molecule is CCCC(=O)/C(=C\I)[C@@H](O)CC(C)C. The Labute approximate surface area is 99.9 Å². The first kappa shape index (κ1) is 14.1. The molecule has 0 aliphatic carbocycles. The minimum atomic E-state index is -0.592. The molecule has 2 nitrogen and oxygen atoms in total. The third-order valence-corrected chi connectivity index (χ3v) is 2.64. The molecule has 0 aliphatic heterocycles. The van der Waals surface area contributed by atoms with Crippen LogP contribution in [0, 0.1) is 5.92 Å². The molecule has 0 unspecified atom stereocenters. The Kier molecular flexibility index (Phi) is 7.45. The lowest BCUT2D eigenvalue weighted by molar-refractivity contribution is -0.116. The summed E-state index contributed by atoms with van der Waals surface area (Å²) in [5, 5.41) is 9.78. The Bertz CT molecular complexity index is 209. The highest BCUT2D eigenvalue weighted by atomic mass is 127. The Morgan fingerprint density at radius 3 is 2.43 bits per heavy atom. The minimum Gasteiger partial charge on any atom is -0.388 e. The van der Waals surface area contributed by atoms with E-state index in [2.05, 4.69) is 0 Å². The maximum Gasteiger partial charge on any atom is 0.161 e. The number of carbonyl (C=O) groups excluding carboxylic acids is 1. The summed E-state index contributed by atoms with van der Waals surface area (Å²) in [6.07, 6.45) is 1.43. The number of hydrogen-bond donors (Lipinski definition) is 1. The molecule has 0 aliphatic rings. The fourth-order valence-electron chi connectivity index (χ4n) is 1.26. The minimum absolute atomic E-state index is 0.0788. The molecule has 82 valence electrons. The van der Waals surface area contributed by atoms with E-state index in [1.165, 1.54) is 0 Å². The number of rotatable bonds is 6. The van der Waals surface area contributed by atoms with Crippen LogP contribution in [0.4, 0.5) is 0 Å². The van der Waals surface area contributed by atoms with Crippen molar-refractivity contribution in [2.24, 2.45) is 5.92 Å². The topological polar surface area (TPSA) is 37.3 Å². The Morgan fingerprint density at radius 2 is 2.07 bits per heavy atom. The maximum atomic E-state index is 11.6. The second-order valence-corrected chi connectivity index (χ2v) is 4.51. The fraction of sp³-hybridized carbons (Fsp3) is 0.727. The lowest BCUT2D eigenvalue weighted by Crippen LogP contribution is -2.19. The molecule has 1 N–H and O–H groups in total. The van der Waals surface area contributed by atoms with E-state index in [-0.39, 0.29) is 5.78 Å². The maximum absolute atomic E-state index is 11.6. The number of hydrogen-bond acceptors (Lipinski definition) is 2. The van der Waals surface area contributed by atoms with Gasteiger partial charge in [-0.15, -0.1) is 0 Å². The first-order valence-corrected chi connectivity index (χ1v) is 6.29. The van der Waals surface area contributed by atoms with Crippen LogP contribution < -0.4 is 0 Å². The lowest BCUT2D eigenvalue weighted by atomic mass is 9.96. The molecule has 0 aromatic heterocycles. The predicted molar refractivity (Wildman–Crippen MR) is 67.5 cm³/mol. The molecule has 0 amide bonds. The number of aliphatic hydroxyl groups excluding tert-OH is 1. The van der Waals surface area contributed by atoms with Crippen molar-refractivity contribution in [3.05, 3.63) is 9.66 Å². The van der Waals surface area contributed by atoms with Gasteiger partial charge in [0.25, 0.3) is 0 Å². The summed E-state index contributed by atoms with van der Waals surface area (Å²) in [6.45, 7) is 6.05. The molecule has 0 bridgehead atoms. The summed E-state index contributed by atoms with van der Waals surface area (Å²) in [5.74, 6) is 0.487. The average molecular weight is 310 g/mol. The van der Waals surface area contributed by atoms with Crippen LogP contribution in [0.2, 0.25) is 0 Å². The van der Waals surface area contributed by atoms with Crippen molar-refractivity contribution in [2.45, 2.75) is 46.1 Å². The number of ketones is 1. The van der Waals surface area contributed by atoms with Gasteiger partial charge in [0.2, 0.25) is 0 Å². The van der Waals surface area contributed by atoms with Gasteiger partial charge in [0.1, 0.15) is 0 Å². The number of halogens is 1. The van der Waals surface area contributed by atoms with Crippen molar-refractivity contribution in [2.75, 3.05) is 0 Å². The van der Waals surface area contributed by atoms with Crippen molar-refractivity contribution in [3.8, 4) is 0 Å². The summed E-state index contributed by atoms with van der Waals surface area (Å²) < 4.78 is 1.71. The van der Waals surface area contributed by atoms with Crippen molar-refractivity contribution in [3.63, 3.8) is 0 Å². The Hall–Kier alpha value is 0.1000. The molecule has 0 rings (SSSR count). The number of Topliss-reactive ketones (excluding diaryl/α,β-unsaturated/α-hetero) is 1. The van der Waals surface area contributed by atoms with Crippen molar-refractivity contribution in [1.29, 1.82) is 0 Å². The highest BCUT2D eigenvalue weighted by Crippen LogP contribution is 2.17. The van der Waals surface area contributed by atoms with Crippen LogP contribution in [0.1, 0.15) is 40.0 Å². The zero-order chi connectivity index (χ0) is 11.1. The zero-order valence-electron chi connectivity index (χ0n) is 9.09. The first-order chi connectivity index (χ1) is 6.52. The fourth-order valence-corrected chi connectivity index (χ4v) is 2.03. The van der Waals surface area contributed by atoms with Gasteiger partial charge in [-0.05, 0) is 22.8 Å². The Balaban J connectivity index is 4.34. The Morgan fingerprint density at radius 1 is 1.50 bits per heavy atom. The summed E-state index contributed by atoms with van der Waals surface area (Å²) in [6, 6.07) is 0. The van der Waals surface area contributed by atoms with E-state index < -0.39 is 6.10 Å². The van der Waals surface area contributed by atoms with Crippen LogP contribution in [0.25, 0.3) is 0 Å². The van der Waals surface area contributed by atoms with Crippen molar-refractivity contribution < 1.29 is 9.90 Å². The van der Waals surface area contributed by atoms with E-state index in [1.807, 2.05) is 43.4 Å². The third kappa shape index (κ3) is 5.10. The molecule has 0 spiro atoms. The molecular weight excluding hydrogens is 291 g/mol. The second kappa shape index (κ2) is 7.40. The largest absolute Gasteiger partial charge is 0.388 e. The van der Waals surface area contributed by atoms with Gasteiger partial charge in [0.15, 0.2) is 5.78 Å². The molecule has 0 fully saturated rings. The average Bonchev–Trinajstić information content (AvgIpc) is 2.04. The number of carbonyl (C=O) groups is 1. The highest BCUT2D eigenvalue weighted by Gasteiger charge is 2.18. The molecule has 0 aromatic carbocycles. The van der Waals surface area contributed by atoms with E-state index in [4.69, 9.17) is 0 Å². The van der Waals surface area contributed by atoms with Gasteiger partial charge in [-0.3, -0.25) is 4.79 Å². The summed E-state index contributed by atoms with van der Waals surface area (Å²) in [5.41, 5.74) is 0.571. The van der Waals surface area contributed by atoms with Crippen LogP contribution in [0.3, 0.4) is 0 Å². The van der Waals surface area contributed by atoms with Gasteiger partial charge in [-0.25, -0.2) is 0 Å². The molecule has 1 atom stereocenters. The molecule has 0 saturated carbocycles. The van der Waals surface area contributed by atoms with E-state index >= 15 is 0 Å². The summed E-state index contributed by atoms with van der Waals surface area (Å²) >= 11 is 2.02. The molecule has 0 saturated heterocycles. The summed E-state index contributed by atoms with van der Waals surface area (Å²) in [7, 11) is 0. The van der Waals surface area contributed by atoms with Crippen molar-refractivity contribution in [1.82, 2.24) is 0 Å². The van der Waals surface area contributed by atoms with Gasteiger partial charge in [0, 0.05) is 12.0 Å². The molecule has 0 heterocycles. The third-order valence-electron chi connectivity index (χ3n) is 1.97. The van der Waals surface area contributed by atoms with E-state index in [0.717, 1.165) is 6.42 Å². The van der Waals surface area contributed by atoms with E-state index in [9.17, 15) is 9.90 Å². The van der Waals surface area contributed by atoms with Gasteiger partial charge in [0.05, 0.1) is 6.10 Å². The van der Waals surface area contributed by atoms with Crippen LogP contribution in [-0.4, -0.2) is 17.0 Å². The standard InChI is InChI=1S/C11H19IO2/c1-4-5-10(13)9(7-12)11(14)6-8(2)3/h7-8,11,14H,4-6H2,1-3H3/b9-7+/t11-/m0/s1. The monoisotopic (exact) mass is 310 g/mol. The first-order valence-electron chi connectivity index (χ1n) is 5.04. The van der Waals surface area contributed by atoms with Crippen LogP contribution in [0.15, 0.2) is 9.66 Å². The van der Waals surface area contributed by atoms with Crippen molar-refractivity contribution >= 4 is 28.4 Å². The molecular formula is C11H19IO2. The predicted octanol–water partition coefficient (Wildman–Crippen LogP) is 3.08.